The summed E-state index contributed by atoms with van der Waals surface area (Å²) in [7, 11) is 0. The monoisotopic (exact) mass is 380 g/mol. The van der Waals surface area contributed by atoms with Crippen molar-refractivity contribution in [2.75, 3.05) is 19.8 Å². The van der Waals surface area contributed by atoms with E-state index in [-0.39, 0.29) is 42.5 Å². The molecule has 1 fully saturated rings. The molecule has 1 aromatic carbocycles. The summed E-state index contributed by atoms with van der Waals surface area (Å²) < 4.78 is 40.7. The second-order valence-corrected chi connectivity index (χ2v) is 5.28. The van der Waals surface area contributed by atoms with Crippen LogP contribution in [0.1, 0.15) is 19.4 Å². The van der Waals surface area contributed by atoms with E-state index in [1.54, 1.807) is 32.0 Å². The maximum Gasteiger partial charge on any atom is 0.387 e. The number of ether oxygens (including phenoxy) is 3. The van der Waals surface area contributed by atoms with Crippen molar-refractivity contribution in [3.63, 3.8) is 0 Å². The van der Waals surface area contributed by atoms with E-state index in [2.05, 4.69) is 15.4 Å². The van der Waals surface area contributed by atoms with Crippen molar-refractivity contribution in [3.05, 3.63) is 23.8 Å². The van der Waals surface area contributed by atoms with Gasteiger partial charge in [-0.15, -0.1) is 12.4 Å². The van der Waals surface area contributed by atoms with E-state index in [1.165, 1.54) is 0 Å². The fraction of sp³-hybridized carbons (Fsp3) is 0.562. The van der Waals surface area contributed by atoms with E-state index in [9.17, 15) is 13.6 Å². The molecule has 0 spiro atoms. The van der Waals surface area contributed by atoms with Crippen LogP contribution >= 0.6 is 12.4 Å². The van der Waals surface area contributed by atoms with Crippen molar-refractivity contribution >= 4 is 18.3 Å². The third kappa shape index (κ3) is 5.98. The van der Waals surface area contributed by atoms with Gasteiger partial charge >= 0.3 is 6.61 Å². The Balaban J connectivity index is 0.00000312. The first-order chi connectivity index (χ1) is 11.5. The van der Waals surface area contributed by atoms with E-state index in [0.717, 1.165) is 0 Å². The van der Waals surface area contributed by atoms with Crippen molar-refractivity contribution in [1.29, 1.82) is 0 Å². The maximum atomic E-state index is 12.7. The Kier molecular flexibility index (Phi) is 8.88. The van der Waals surface area contributed by atoms with Gasteiger partial charge in [0.2, 0.25) is 5.91 Å². The second kappa shape index (κ2) is 10.4. The first-order valence-corrected chi connectivity index (χ1v) is 7.85. The van der Waals surface area contributed by atoms with Gasteiger partial charge in [0, 0.05) is 18.7 Å². The molecule has 9 heteroatoms. The van der Waals surface area contributed by atoms with Crippen LogP contribution in [0.2, 0.25) is 0 Å². The minimum atomic E-state index is -2.98. The van der Waals surface area contributed by atoms with Gasteiger partial charge in [0.1, 0.15) is 6.04 Å². The molecule has 2 atom stereocenters. The number of carbonyl (C=O) groups excluding carboxylic acids is 1. The predicted molar refractivity (Wildman–Crippen MR) is 90.5 cm³/mol. The summed E-state index contributed by atoms with van der Waals surface area (Å²) in [6.07, 6.45) is -0.259. The molecular formula is C16H23ClF2N2O4. The Hall–Kier alpha value is -1.64. The highest BCUT2D eigenvalue weighted by molar-refractivity contribution is 5.85. The van der Waals surface area contributed by atoms with Crippen molar-refractivity contribution in [1.82, 2.24) is 10.6 Å². The Morgan fingerprint density at radius 1 is 1.48 bits per heavy atom. The van der Waals surface area contributed by atoms with Gasteiger partial charge in [0.15, 0.2) is 11.5 Å². The summed E-state index contributed by atoms with van der Waals surface area (Å²) >= 11 is 0. The zero-order valence-electron chi connectivity index (χ0n) is 14.1. The molecule has 2 rings (SSSR count). The van der Waals surface area contributed by atoms with Crippen molar-refractivity contribution in [3.8, 4) is 11.5 Å². The van der Waals surface area contributed by atoms with Crippen LogP contribution < -0.4 is 20.1 Å². The number of hydrogen-bond donors (Lipinski definition) is 2. The topological polar surface area (TPSA) is 68.8 Å². The SMILES string of the molecule is CCOc1cccc(CNC(=O)[C@H]2NCCO[C@@H]2C)c1OC(F)F.Cl. The van der Waals surface area contributed by atoms with Gasteiger partial charge in [-0.25, -0.2) is 0 Å². The molecule has 2 N–H and O–H groups in total. The number of hydrogen-bond acceptors (Lipinski definition) is 5. The number of morpholine rings is 1. The maximum absolute atomic E-state index is 12.7. The number of benzene rings is 1. The molecule has 1 saturated heterocycles. The van der Waals surface area contributed by atoms with Crippen LogP contribution in [0, 0.1) is 0 Å². The number of amides is 1. The number of carbonyl (C=O) groups is 1. The number of rotatable bonds is 7. The predicted octanol–water partition coefficient (Wildman–Crippen LogP) is 2.10. The van der Waals surface area contributed by atoms with Crippen LogP contribution in [0.5, 0.6) is 11.5 Å². The van der Waals surface area contributed by atoms with Gasteiger partial charge in [0.05, 0.1) is 19.3 Å². The molecule has 0 radical (unpaired) electrons. The van der Waals surface area contributed by atoms with E-state index in [1.807, 2.05) is 0 Å². The lowest BCUT2D eigenvalue weighted by molar-refractivity contribution is -0.129. The average molecular weight is 381 g/mol. The van der Waals surface area contributed by atoms with Gasteiger partial charge in [-0.3, -0.25) is 4.79 Å². The summed E-state index contributed by atoms with van der Waals surface area (Å²) in [6.45, 7) is 2.07. The Labute approximate surface area is 151 Å². The van der Waals surface area contributed by atoms with Crippen molar-refractivity contribution in [2.24, 2.45) is 0 Å². The first kappa shape index (κ1) is 21.4. The van der Waals surface area contributed by atoms with Gasteiger partial charge in [-0.2, -0.15) is 8.78 Å². The highest BCUT2D eigenvalue weighted by atomic mass is 35.5. The quantitative estimate of drug-likeness (QED) is 0.758. The van der Waals surface area contributed by atoms with Crippen LogP contribution in [-0.4, -0.2) is 44.4 Å². The lowest BCUT2D eigenvalue weighted by atomic mass is 10.1. The molecule has 25 heavy (non-hydrogen) atoms. The standard InChI is InChI=1S/C16H22F2N2O4.ClH/c1-3-22-12-6-4-5-11(14(12)24-16(17)18)9-20-15(21)13-10(2)23-8-7-19-13;/h4-6,10,13,16,19H,3,7-9H2,1-2H3,(H,20,21);1H/t10-,13+;/m1./s1. The Morgan fingerprint density at radius 3 is 2.88 bits per heavy atom. The van der Waals surface area contributed by atoms with Gasteiger partial charge in [-0.05, 0) is 19.9 Å². The lowest BCUT2D eigenvalue weighted by Gasteiger charge is -2.29. The molecular weight excluding hydrogens is 358 g/mol. The molecule has 0 bridgehead atoms. The smallest absolute Gasteiger partial charge is 0.387 e. The largest absolute Gasteiger partial charge is 0.490 e. The van der Waals surface area contributed by atoms with E-state index < -0.39 is 12.7 Å². The number of para-hydroxylation sites is 1. The van der Waals surface area contributed by atoms with Crippen molar-refractivity contribution < 1.29 is 27.8 Å². The second-order valence-electron chi connectivity index (χ2n) is 5.28. The Morgan fingerprint density at radius 2 is 2.24 bits per heavy atom. The van der Waals surface area contributed by atoms with E-state index in [4.69, 9.17) is 9.47 Å². The van der Waals surface area contributed by atoms with Gasteiger partial charge in [0.25, 0.3) is 0 Å². The van der Waals surface area contributed by atoms with Crippen LogP contribution in [0.3, 0.4) is 0 Å². The molecule has 1 amide bonds. The average Bonchev–Trinajstić information content (AvgIpc) is 2.55. The summed E-state index contributed by atoms with van der Waals surface area (Å²) in [6, 6.07) is 4.34. The first-order valence-electron chi connectivity index (χ1n) is 7.85. The molecule has 1 heterocycles. The lowest BCUT2D eigenvalue weighted by Crippen LogP contribution is -2.55. The van der Waals surface area contributed by atoms with E-state index in [0.29, 0.717) is 25.3 Å². The molecule has 1 aliphatic rings. The normalized spacial score (nSPS) is 19.9. The fourth-order valence-corrected chi connectivity index (χ4v) is 2.51. The molecule has 0 unspecified atom stereocenters. The molecule has 1 aliphatic heterocycles. The van der Waals surface area contributed by atoms with Crippen LogP contribution in [0.15, 0.2) is 18.2 Å². The summed E-state index contributed by atoms with van der Waals surface area (Å²) in [4.78, 5) is 12.3. The van der Waals surface area contributed by atoms with Gasteiger partial charge < -0.3 is 24.8 Å². The number of halogens is 3. The van der Waals surface area contributed by atoms with Crippen LogP contribution in [-0.2, 0) is 16.1 Å². The molecule has 6 nitrogen and oxygen atoms in total. The zero-order valence-corrected chi connectivity index (χ0v) is 14.9. The number of nitrogens with one attached hydrogen (secondary N) is 2. The molecule has 0 aromatic heterocycles. The molecule has 1 aromatic rings. The molecule has 0 saturated carbocycles. The third-order valence-corrected chi connectivity index (χ3v) is 3.62. The highest BCUT2D eigenvalue weighted by Crippen LogP contribution is 2.32. The van der Waals surface area contributed by atoms with Crippen molar-refractivity contribution in [2.45, 2.75) is 39.1 Å². The summed E-state index contributed by atoms with van der Waals surface area (Å²) in [5, 5.41) is 5.79. The van der Waals surface area contributed by atoms with Gasteiger partial charge in [-0.1, -0.05) is 12.1 Å². The zero-order chi connectivity index (χ0) is 17.5. The molecule has 0 aliphatic carbocycles. The minimum Gasteiger partial charge on any atom is -0.490 e. The number of alkyl halides is 2. The minimum absolute atomic E-state index is 0. The summed E-state index contributed by atoms with van der Waals surface area (Å²) in [5.41, 5.74) is 0.416. The highest BCUT2D eigenvalue weighted by Gasteiger charge is 2.28. The summed E-state index contributed by atoms with van der Waals surface area (Å²) in [5.74, 6) is -0.0976. The Bertz CT molecular complexity index is 563. The van der Waals surface area contributed by atoms with E-state index >= 15 is 0 Å². The van der Waals surface area contributed by atoms with Crippen LogP contribution in [0.4, 0.5) is 8.78 Å². The fourth-order valence-electron chi connectivity index (χ4n) is 2.51. The third-order valence-electron chi connectivity index (χ3n) is 3.62. The van der Waals surface area contributed by atoms with Crippen LogP contribution in [0.25, 0.3) is 0 Å². The molecule has 142 valence electrons.